The maximum atomic E-state index is 12.9. The number of aryl methyl sites for hydroxylation is 1. The van der Waals surface area contributed by atoms with Gasteiger partial charge in [0, 0.05) is 44.3 Å². The quantitative estimate of drug-likeness (QED) is 0.595. The molecule has 8 nitrogen and oxygen atoms in total. The van der Waals surface area contributed by atoms with E-state index in [0.29, 0.717) is 22.3 Å². The van der Waals surface area contributed by atoms with Crippen LogP contribution in [0, 0.1) is 12.8 Å². The van der Waals surface area contributed by atoms with Gasteiger partial charge in [0.1, 0.15) is 0 Å². The Labute approximate surface area is 191 Å². The molecule has 1 aromatic carbocycles. The summed E-state index contributed by atoms with van der Waals surface area (Å²) in [6, 6.07) is 11.3. The van der Waals surface area contributed by atoms with Crippen molar-refractivity contribution in [1.82, 2.24) is 19.8 Å². The number of hydrogen-bond acceptors (Lipinski definition) is 5. The molecule has 2 aromatic heterocycles. The predicted molar refractivity (Wildman–Crippen MR) is 126 cm³/mol. The number of aromatic nitrogens is 2. The zero-order valence-corrected chi connectivity index (χ0v) is 18.7. The van der Waals surface area contributed by atoms with Gasteiger partial charge in [-0.25, -0.2) is 0 Å². The maximum absolute atomic E-state index is 12.9. The number of piperazine rings is 1. The van der Waals surface area contributed by atoms with Crippen LogP contribution in [-0.4, -0.2) is 70.0 Å². The van der Waals surface area contributed by atoms with E-state index in [1.54, 1.807) is 6.20 Å². The molecule has 0 atom stereocenters. The van der Waals surface area contributed by atoms with Crippen molar-refractivity contribution < 1.29 is 14.7 Å². The number of nitrogens with one attached hydrogen (secondary N) is 1. The number of rotatable bonds is 4. The number of H-pyrrole nitrogens is 1. The molecule has 8 heteroatoms. The van der Waals surface area contributed by atoms with E-state index in [-0.39, 0.29) is 17.9 Å². The van der Waals surface area contributed by atoms with Gasteiger partial charge < -0.3 is 15.0 Å². The molecule has 3 aromatic rings. The Kier molecular flexibility index (Phi) is 6.84. The van der Waals surface area contributed by atoms with Crippen molar-refractivity contribution in [3.05, 3.63) is 64.1 Å². The van der Waals surface area contributed by atoms with Gasteiger partial charge >= 0.3 is 0 Å². The highest BCUT2D eigenvalue weighted by molar-refractivity contribution is 5.94. The highest BCUT2D eigenvalue weighted by Crippen LogP contribution is 2.30. The number of amides is 1. The Morgan fingerprint density at radius 1 is 1.15 bits per heavy atom. The van der Waals surface area contributed by atoms with Crippen molar-refractivity contribution in [2.24, 2.45) is 5.92 Å². The molecular weight excluding hydrogens is 420 g/mol. The van der Waals surface area contributed by atoms with Crippen LogP contribution < -0.4 is 5.56 Å². The summed E-state index contributed by atoms with van der Waals surface area (Å²) in [5.74, 6) is 0.914. The second-order valence-electron chi connectivity index (χ2n) is 8.62. The summed E-state index contributed by atoms with van der Waals surface area (Å²) >= 11 is 0. The number of hydrogen-bond donors (Lipinski definition) is 2. The first kappa shape index (κ1) is 22.7. The van der Waals surface area contributed by atoms with Crippen LogP contribution in [0.1, 0.15) is 28.8 Å². The highest BCUT2D eigenvalue weighted by atomic mass is 16.3. The summed E-state index contributed by atoms with van der Waals surface area (Å²) in [5.41, 5.74) is 2.83. The smallest absolute Gasteiger partial charge is 0.290 e. The summed E-state index contributed by atoms with van der Waals surface area (Å²) < 4.78 is 0. The number of aromatic amines is 1. The van der Waals surface area contributed by atoms with Crippen molar-refractivity contribution in [2.75, 3.05) is 32.7 Å². The molecule has 1 amide bonds. The zero-order valence-electron chi connectivity index (χ0n) is 18.7. The summed E-state index contributed by atoms with van der Waals surface area (Å²) in [6.07, 6.45) is 4.34. The standard InChI is InChI=1S/C24H26N4O2.CH2O2/c1-16-3-2-4-19-20(16)13-22(26-23(19)29)21-8-7-18(14-25-21)24(30)28-11-9-27(10-12-28)15-17-5-6-17;2-1-3/h2-4,7-8,13-14,17H,5-6,9-12,15H2,1H3,(H,26,29);1H,(H,2,3). The SMILES string of the molecule is Cc1cccc2c(=O)[nH]c(-c3ccc(C(=O)N4CCN(CC5CC5)CC4)cn3)cc12.O=CO. The summed E-state index contributed by atoms with van der Waals surface area (Å²) in [7, 11) is 0. The van der Waals surface area contributed by atoms with Crippen molar-refractivity contribution in [3.8, 4) is 11.4 Å². The lowest BCUT2D eigenvalue weighted by Gasteiger charge is -2.34. The molecular formula is C25H28N4O4. The molecule has 33 heavy (non-hydrogen) atoms. The van der Waals surface area contributed by atoms with Crippen LogP contribution in [0.2, 0.25) is 0 Å². The molecule has 1 saturated carbocycles. The molecule has 0 radical (unpaired) electrons. The monoisotopic (exact) mass is 448 g/mol. The van der Waals surface area contributed by atoms with Gasteiger partial charge in [-0.05, 0) is 60.9 Å². The van der Waals surface area contributed by atoms with Crippen LogP contribution in [-0.2, 0) is 4.79 Å². The molecule has 3 heterocycles. The van der Waals surface area contributed by atoms with E-state index >= 15 is 0 Å². The van der Waals surface area contributed by atoms with E-state index < -0.39 is 0 Å². The van der Waals surface area contributed by atoms with Gasteiger partial charge in [-0.2, -0.15) is 0 Å². The van der Waals surface area contributed by atoms with Gasteiger partial charge in [-0.3, -0.25) is 24.3 Å². The Hall–Kier alpha value is -3.52. The van der Waals surface area contributed by atoms with Gasteiger partial charge in [0.2, 0.25) is 0 Å². The Morgan fingerprint density at radius 3 is 2.52 bits per heavy atom. The minimum atomic E-state index is -0.250. The zero-order chi connectivity index (χ0) is 23.4. The van der Waals surface area contributed by atoms with Gasteiger partial charge in [0.25, 0.3) is 17.9 Å². The highest BCUT2D eigenvalue weighted by Gasteiger charge is 2.28. The lowest BCUT2D eigenvalue weighted by molar-refractivity contribution is -0.122. The summed E-state index contributed by atoms with van der Waals surface area (Å²) in [6.45, 7) is 6.36. The molecule has 1 aliphatic carbocycles. The van der Waals surface area contributed by atoms with Crippen LogP contribution in [0.15, 0.2) is 47.4 Å². The van der Waals surface area contributed by atoms with Crippen molar-refractivity contribution in [1.29, 1.82) is 0 Å². The average molecular weight is 449 g/mol. The first-order valence-corrected chi connectivity index (χ1v) is 11.2. The molecule has 0 bridgehead atoms. The Bertz CT molecular complexity index is 1190. The van der Waals surface area contributed by atoms with Crippen molar-refractivity contribution >= 4 is 23.2 Å². The second-order valence-corrected chi connectivity index (χ2v) is 8.62. The van der Waals surface area contributed by atoms with Crippen LogP contribution in [0.4, 0.5) is 0 Å². The molecule has 0 unspecified atom stereocenters. The van der Waals surface area contributed by atoms with E-state index in [4.69, 9.17) is 9.90 Å². The fourth-order valence-corrected chi connectivity index (χ4v) is 4.24. The third kappa shape index (κ3) is 5.28. The molecule has 1 aliphatic heterocycles. The number of carboxylic acid groups (broad SMARTS) is 1. The first-order valence-electron chi connectivity index (χ1n) is 11.2. The van der Waals surface area contributed by atoms with E-state index in [2.05, 4.69) is 14.9 Å². The van der Waals surface area contributed by atoms with E-state index in [1.165, 1.54) is 19.4 Å². The largest absolute Gasteiger partial charge is 0.483 e. The van der Waals surface area contributed by atoms with E-state index in [0.717, 1.165) is 43.0 Å². The fraction of sp³-hybridized carbons (Fsp3) is 0.360. The topological polar surface area (TPSA) is 107 Å². The van der Waals surface area contributed by atoms with Gasteiger partial charge in [-0.1, -0.05) is 12.1 Å². The molecule has 2 aliphatic rings. The van der Waals surface area contributed by atoms with Crippen LogP contribution in [0.5, 0.6) is 0 Å². The maximum Gasteiger partial charge on any atom is 0.290 e. The fourth-order valence-electron chi connectivity index (χ4n) is 4.24. The van der Waals surface area contributed by atoms with Crippen molar-refractivity contribution in [3.63, 3.8) is 0 Å². The Morgan fingerprint density at radius 2 is 1.88 bits per heavy atom. The number of carbonyl (C=O) groups is 2. The third-order valence-corrected chi connectivity index (χ3v) is 6.26. The van der Waals surface area contributed by atoms with Gasteiger partial charge in [0.15, 0.2) is 0 Å². The molecule has 1 saturated heterocycles. The van der Waals surface area contributed by atoms with Gasteiger partial charge in [0.05, 0.1) is 17.0 Å². The molecule has 5 rings (SSSR count). The minimum absolute atomic E-state index is 0.0305. The number of pyridine rings is 2. The summed E-state index contributed by atoms with van der Waals surface area (Å²) in [4.78, 5) is 45.5. The molecule has 0 spiro atoms. The van der Waals surface area contributed by atoms with Gasteiger partial charge in [-0.15, -0.1) is 0 Å². The number of benzene rings is 1. The van der Waals surface area contributed by atoms with Crippen molar-refractivity contribution in [2.45, 2.75) is 19.8 Å². The molecule has 2 N–H and O–H groups in total. The third-order valence-electron chi connectivity index (χ3n) is 6.26. The van der Waals surface area contributed by atoms with Crippen LogP contribution in [0.3, 0.4) is 0 Å². The van der Waals surface area contributed by atoms with Crippen LogP contribution >= 0.6 is 0 Å². The number of nitrogens with zero attached hydrogens (tertiary/aromatic N) is 3. The predicted octanol–water partition coefficient (Wildman–Crippen LogP) is 2.77. The second kappa shape index (κ2) is 9.95. The van der Waals surface area contributed by atoms with Crippen LogP contribution in [0.25, 0.3) is 22.2 Å². The first-order chi connectivity index (χ1) is 16.0. The van der Waals surface area contributed by atoms with E-state index in [9.17, 15) is 9.59 Å². The Balaban J connectivity index is 0.000000821. The number of fused-ring (bicyclic) bond motifs is 1. The molecule has 172 valence electrons. The number of carbonyl (C=O) groups excluding carboxylic acids is 1. The summed E-state index contributed by atoms with van der Waals surface area (Å²) in [5, 5.41) is 8.48. The normalized spacial score (nSPS) is 16.2. The minimum Gasteiger partial charge on any atom is -0.483 e. The lowest BCUT2D eigenvalue weighted by atomic mass is 10.1. The average Bonchev–Trinajstić information content (AvgIpc) is 3.64. The molecule has 2 fully saturated rings. The lowest BCUT2D eigenvalue weighted by Crippen LogP contribution is -2.49. The van der Waals surface area contributed by atoms with E-state index in [1.807, 2.05) is 48.2 Å².